The lowest BCUT2D eigenvalue weighted by molar-refractivity contribution is 0.0525. The van der Waals surface area contributed by atoms with Crippen LogP contribution in [0.5, 0.6) is 11.5 Å². The summed E-state index contributed by atoms with van der Waals surface area (Å²) in [6.45, 7) is 9.86. The SMILES string of the molecule is CCCOc1ccc(C(=O)N2CCN(c3ccc(C(=O)OCC)cn3)CC2)cc1OCCC. The number of anilines is 1. The van der Waals surface area contributed by atoms with Gasteiger partial charge in [-0.2, -0.15) is 0 Å². The van der Waals surface area contributed by atoms with Crippen molar-refractivity contribution >= 4 is 17.7 Å². The minimum absolute atomic E-state index is 0.0244. The van der Waals surface area contributed by atoms with Crippen molar-refractivity contribution in [3.8, 4) is 11.5 Å². The van der Waals surface area contributed by atoms with Crippen molar-refractivity contribution in [2.75, 3.05) is 50.9 Å². The fraction of sp³-hybridized carbons (Fsp3) is 0.480. The predicted molar refractivity (Wildman–Crippen MR) is 126 cm³/mol. The highest BCUT2D eigenvalue weighted by Gasteiger charge is 2.24. The molecule has 0 unspecified atom stereocenters. The van der Waals surface area contributed by atoms with Crippen molar-refractivity contribution in [3.05, 3.63) is 47.7 Å². The van der Waals surface area contributed by atoms with Crippen LogP contribution in [-0.2, 0) is 4.74 Å². The van der Waals surface area contributed by atoms with Gasteiger partial charge in [-0.05, 0) is 50.1 Å². The van der Waals surface area contributed by atoms with Crippen LogP contribution in [0.2, 0.25) is 0 Å². The number of carbonyl (C=O) groups excluding carboxylic acids is 2. The normalized spacial score (nSPS) is 13.5. The van der Waals surface area contributed by atoms with Crippen molar-refractivity contribution in [2.45, 2.75) is 33.6 Å². The molecule has 1 fully saturated rings. The van der Waals surface area contributed by atoms with Gasteiger partial charge in [0.15, 0.2) is 11.5 Å². The number of amides is 1. The molecule has 0 aliphatic carbocycles. The van der Waals surface area contributed by atoms with Crippen LogP contribution in [0.3, 0.4) is 0 Å². The Morgan fingerprint density at radius 2 is 1.55 bits per heavy atom. The molecular weight excluding hydrogens is 422 g/mol. The summed E-state index contributed by atoms with van der Waals surface area (Å²) in [5.74, 6) is 1.66. The molecule has 1 saturated heterocycles. The Morgan fingerprint density at radius 3 is 2.15 bits per heavy atom. The van der Waals surface area contributed by atoms with Gasteiger partial charge in [0.1, 0.15) is 5.82 Å². The van der Waals surface area contributed by atoms with Crippen molar-refractivity contribution in [3.63, 3.8) is 0 Å². The van der Waals surface area contributed by atoms with Crippen LogP contribution in [-0.4, -0.2) is 67.8 Å². The van der Waals surface area contributed by atoms with Gasteiger partial charge in [-0.3, -0.25) is 4.79 Å². The second-order valence-electron chi connectivity index (χ2n) is 7.76. The van der Waals surface area contributed by atoms with Crippen molar-refractivity contribution in [1.29, 1.82) is 0 Å². The predicted octanol–water partition coefficient (Wildman–Crippen LogP) is 3.80. The summed E-state index contributed by atoms with van der Waals surface area (Å²) in [5.41, 5.74) is 1.03. The Bertz CT molecular complexity index is 924. The van der Waals surface area contributed by atoms with E-state index in [9.17, 15) is 9.59 Å². The van der Waals surface area contributed by atoms with E-state index in [-0.39, 0.29) is 11.9 Å². The van der Waals surface area contributed by atoms with Gasteiger partial charge in [0.2, 0.25) is 0 Å². The van der Waals surface area contributed by atoms with Crippen molar-refractivity contribution in [2.24, 2.45) is 0 Å². The number of ether oxygens (including phenoxy) is 3. The molecule has 1 aromatic carbocycles. The smallest absolute Gasteiger partial charge is 0.339 e. The third-order valence-corrected chi connectivity index (χ3v) is 5.26. The number of nitrogens with zero attached hydrogens (tertiary/aromatic N) is 3. The number of benzene rings is 1. The number of pyridine rings is 1. The second-order valence-corrected chi connectivity index (χ2v) is 7.76. The van der Waals surface area contributed by atoms with Crippen LogP contribution in [0.1, 0.15) is 54.3 Å². The fourth-order valence-electron chi connectivity index (χ4n) is 3.53. The topological polar surface area (TPSA) is 81.2 Å². The number of rotatable bonds is 10. The maximum atomic E-state index is 13.1. The minimum Gasteiger partial charge on any atom is -0.490 e. The van der Waals surface area contributed by atoms with Gasteiger partial charge in [0.05, 0.1) is 25.4 Å². The van der Waals surface area contributed by atoms with Gasteiger partial charge in [-0.1, -0.05) is 13.8 Å². The summed E-state index contributed by atoms with van der Waals surface area (Å²) in [5, 5.41) is 0. The number of hydrogen-bond acceptors (Lipinski definition) is 7. The summed E-state index contributed by atoms with van der Waals surface area (Å²) in [7, 11) is 0. The third kappa shape index (κ3) is 6.37. The van der Waals surface area contributed by atoms with Crippen molar-refractivity contribution < 1.29 is 23.8 Å². The Balaban J connectivity index is 1.62. The van der Waals surface area contributed by atoms with Gasteiger partial charge in [-0.15, -0.1) is 0 Å². The van der Waals surface area contributed by atoms with E-state index in [1.54, 1.807) is 25.1 Å². The molecule has 0 radical (unpaired) electrons. The molecule has 1 aliphatic heterocycles. The van der Waals surface area contributed by atoms with E-state index in [1.807, 2.05) is 30.9 Å². The first kappa shape index (κ1) is 24.4. The largest absolute Gasteiger partial charge is 0.490 e. The van der Waals surface area contributed by atoms with Crippen LogP contribution in [0.4, 0.5) is 5.82 Å². The van der Waals surface area contributed by atoms with Gasteiger partial charge < -0.3 is 24.0 Å². The van der Waals surface area contributed by atoms with E-state index in [2.05, 4.69) is 9.88 Å². The minimum atomic E-state index is -0.375. The highest BCUT2D eigenvalue weighted by molar-refractivity contribution is 5.95. The van der Waals surface area contributed by atoms with E-state index in [1.165, 1.54) is 6.20 Å². The standard InChI is InChI=1S/C25H33N3O5/c1-4-15-32-21-9-7-19(17-22(21)33-16-5-2)24(29)28-13-11-27(12-14-28)23-10-8-20(18-26-23)25(30)31-6-3/h7-10,17-18H,4-6,11-16H2,1-3H3. The summed E-state index contributed by atoms with van der Waals surface area (Å²) < 4.78 is 16.6. The van der Waals surface area contributed by atoms with E-state index in [0.717, 1.165) is 18.7 Å². The molecule has 178 valence electrons. The molecule has 2 heterocycles. The first-order valence-corrected chi connectivity index (χ1v) is 11.6. The molecule has 8 nitrogen and oxygen atoms in total. The van der Waals surface area contributed by atoms with E-state index < -0.39 is 0 Å². The summed E-state index contributed by atoms with van der Waals surface area (Å²) in [6, 6.07) is 8.94. The zero-order chi connectivity index (χ0) is 23.6. The van der Waals surface area contributed by atoms with Gasteiger partial charge >= 0.3 is 5.97 Å². The molecule has 33 heavy (non-hydrogen) atoms. The highest BCUT2D eigenvalue weighted by Crippen LogP contribution is 2.29. The summed E-state index contributed by atoms with van der Waals surface area (Å²) in [6.07, 6.45) is 3.31. The number of esters is 1. The van der Waals surface area contributed by atoms with Crippen LogP contribution in [0.25, 0.3) is 0 Å². The molecule has 1 aliphatic rings. The fourth-order valence-corrected chi connectivity index (χ4v) is 3.53. The number of piperazine rings is 1. The average Bonchev–Trinajstić information content (AvgIpc) is 2.86. The van der Waals surface area contributed by atoms with Crippen LogP contribution < -0.4 is 14.4 Å². The lowest BCUT2D eigenvalue weighted by Crippen LogP contribution is -2.49. The zero-order valence-corrected chi connectivity index (χ0v) is 19.7. The first-order chi connectivity index (χ1) is 16.1. The Kier molecular flexibility index (Phi) is 8.92. The maximum Gasteiger partial charge on any atom is 0.339 e. The van der Waals surface area contributed by atoms with Crippen LogP contribution in [0.15, 0.2) is 36.5 Å². The maximum absolute atomic E-state index is 13.1. The molecule has 1 aromatic heterocycles. The average molecular weight is 456 g/mol. The quantitative estimate of drug-likeness (QED) is 0.504. The first-order valence-electron chi connectivity index (χ1n) is 11.6. The van der Waals surface area contributed by atoms with Gasteiger partial charge in [-0.25, -0.2) is 9.78 Å². The number of carbonyl (C=O) groups is 2. The second kappa shape index (κ2) is 12.1. The van der Waals surface area contributed by atoms with Gasteiger partial charge in [0.25, 0.3) is 5.91 Å². The summed E-state index contributed by atoms with van der Waals surface area (Å²) >= 11 is 0. The molecule has 1 amide bonds. The van der Waals surface area contributed by atoms with E-state index in [0.29, 0.717) is 68.6 Å². The highest BCUT2D eigenvalue weighted by atomic mass is 16.5. The third-order valence-electron chi connectivity index (χ3n) is 5.26. The van der Waals surface area contributed by atoms with E-state index >= 15 is 0 Å². The van der Waals surface area contributed by atoms with Gasteiger partial charge in [0, 0.05) is 37.9 Å². The Morgan fingerprint density at radius 1 is 0.879 bits per heavy atom. The number of hydrogen-bond donors (Lipinski definition) is 0. The molecule has 0 N–H and O–H groups in total. The van der Waals surface area contributed by atoms with E-state index in [4.69, 9.17) is 14.2 Å². The Labute approximate surface area is 195 Å². The summed E-state index contributed by atoms with van der Waals surface area (Å²) in [4.78, 5) is 33.3. The molecule has 8 heteroatoms. The molecular formula is C25H33N3O5. The lowest BCUT2D eigenvalue weighted by atomic mass is 10.1. The molecule has 2 aromatic rings. The molecule has 3 rings (SSSR count). The Hall–Kier alpha value is -3.29. The zero-order valence-electron chi connectivity index (χ0n) is 19.7. The van der Waals surface area contributed by atoms with Crippen molar-refractivity contribution in [1.82, 2.24) is 9.88 Å². The lowest BCUT2D eigenvalue weighted by Gasteiger charge is -2.35. The van der Waals surface area contributed by atoms with Crippen LogP contribution >= 0.6 is 0 Å². The van der Waals surface area contributed by atoms with Crippen LogP contribution in [0, 0.1) is 0 Å². The molecule has 0 atom stereocenters. The molecule has 0 saturated carbocycles. The molecule has 0 bridgehead atoms. The number of aromatic nitrogens is 1. The monoisotopic (exact) mass is 455 g/mol. The molecule has 0 spiro atoms.